The Labute approximate surface area is 123 Å². The summed E-state index contributed by atoms with van der Waals surface area (Å²) in [6.45, 7) is 0. The van der Waals surface area contributed by atoms with Gasteiger partial charge in [-0.3, -0.25) is 0 Å². The molecule has 21 heavy (non-hydrogen) atoms. The van der Waals surface area contributed by atoms with Crippen molar-refractivity contribution in [2.45, 2.75) is 38.1 Å². The second-order valence-corrected chi connectivity index (χ2v) is 7.10. The average molecular weight is 289 g/mol. The maximum atomic E-state index is 13.5. The monoisotopic (exact) mass is 289 g/mol. The zero-order valence-electron chi connectivity index (χ0n) is 11.9. The fourth-order valence-electron chi connectivity index (χ4n) is 5.13. The summed E-state index contributed by atoms with van der Waals surface area (Å²) in [5.41, 5.74) is 0.495. The number of rotatable bonds is 3. The van der Waals surface area contributed by atoms with E-state index in [0.29, 0.717) is 17.9 Å². The second-order valence-electron chi connectivity index (χ2n) is 7.10. The maximum absolute atomic E-state index is 13.5. The molecule has 3 nitrogen and oxygen atoms in total. The normalized spacial score (nSPS) is 36.7. The summed E-state index contributed by atoms with van der Waals surface area (Å²) in [4.78, 5) is 11.0. The third kappa shape index (κ3) is 2.21. The van der Waals surface area contributed by atoms with Gasteiger partial charge in [0.15, 0.2) is 0 Å². The molecule has 0 amide bonds. The van der Waals surface area contributed by atoms with Crippen LogP contribution in [0.25, 0.3) is 0 Å². The largest absolute Gasteiger partial charge is 0.478 e. The topological polar surface area (TPSA) is 49.3 Å². The van der Waals surface area contributed by atoms with Crippen molar-refractivity contribution in [2.75, 3.05) is 5.32 Å². The van der Waals surface area contributed by atoms with Crippen molar-refractivity contribution in [3.05, 3.63) is 29.6 Å². The van der Waals surface area contributed by atoms with Gasteiger partial charge in [0, 0.05) is 11.7 Å². The van der Waals surface area contributed by atoms with Gasteiger partial charge in [-0.2, -0.15) is 0 Å². The van der Waals surface area contributed by atoms with Gasteiger partial charge in [-0.1, -0.05) is 0 Å². The molecule has 4 saturated carbocycles. The van der Waals surface area contributed by atoms with Crippen molar-refractivity contribution in [1.82, 2.24) is 0 Å². The zero-order valence-corrected chi connectivity index (χ0v) is 11.9. The van der Waals surface area contributed by atoms with Crippen LogP contribution in [-0.2, 0) is 0 Å². The molecule has 0 unspecified atom stereocenters. The molecule has 4 bridgehead atoms. The molecule has 4 aliphatic carbocycles. The van der Waals surface area contributed by atoms with E-state index in [2.05, 4.69) is 5.32 Å². The number of nitrogens with one attached hydrogen (secondary N) is 1. The number of aromatic carboxylic acids is 1. The number of halogens is 1. The third-order valence-corrected chi connectivity index (χ3v) is 5.76. The van der Waals surface area contributed by atoms with Crippen molar-refractivity contribution in [1.29, 1.82) is 0 Å². The molecule has 2 N–H and O–H groups in total. The second kappa shape index (κ2) is 4.72. The highest BCUT2D eigenvalue weighted by Gasteiger charge is 2.48. The first-order chi connectivity index (χ1) is 10.1. The first kappa shape index (κ1) is 13.1. The summed E-state index contributed by atoms with van der Waals surface area (Å²) in [5.74, 6) is 1.36. The number of hydrogen-bond acceptors (Lipinski definition) is 2. The van der Waals surface area contributed by atoms with Crippen molar-refractivity contribution in [2.24, 2.45) is 23.7 Å². The van der Waals surface area contributed by atoms with Gasteiger partial charge in [-0.05, 0) is 74.0 Å². The molecule has 1 aromatic carbocycles. The number of anilines is 1. The highest BCUT2D eigenvalue weighted by molar-refractivity contribution is 5.89. The number of carbonyl (C=O) groups is 1. The number of carboxylic acid groups (broad SMARTS) is 1. The Morgan fingerprint density at radius 1 is 1.10 bits per heavy atom. The first-order valence-electron chi connectivity index (χ1n) is 7.89. The summed E-state index contributed by atoms with van der Waals surface area (Å²) >= 11 is 0. The molecule has 0 heterocycles. The minimum absolute atomic E-state index is 0.246. The van der Waals surface area contributed by atoms with Gasteiger partial charge in [0.25, 0.3) is 0 Å². The van der Waals surface area contributed by atoms with E-state index in [4.69, 9.17) is 5.11 Å². The molecular weight excluding hydrogens is 269 g/mol. The smallest absolute Gasteiger partial charge is 0.338 e. The van der Waals surface area contributed by atoms with Crippen LogP contribution in [0.4, 0.5) is 10.1 Å². The van der Waals surface area contributed by atoms with E-state index < -0.39 is 11.8 Å². The molecule has 1 aromatic rings. The van der Waals surface area contributed by atoms with E-state index >= 15 is 0 Å². The Morgan fingerprint density at radius 3 is 2.29 bits per heavy atom. The zero-order chi connectivity index (χ0) is 14.6. The minimum Gasteiger partial charge on any atom is -0.478 e. The molecule has 0 saturated heterocycles. The Hall–Kier alpha value is -1.58. The summed E-state index contributed by atoms with van der Waals surface area (Å²) in [5, 5.41) is 12.5. The van der Waals surface area contributed by atoms with Crippen LogP contribution in [0.15, 0.2) is 18.2 Å². The predicted octanol–water partition coefficient (Wildman–Crippen LogP) is 3.76. The number of benzene rings is 1. The van der Waals surface area contributed by atoms with Crippen LogP contribution >= 0.6 is 0 Å². The van der Waals surface area contributed by atoms with E-state index in [9.17, 15) is 9.18 Å². The molecule has 0 aromatic heterocycles. The van der Waals surface area contributed by atoms with E-state index in [1.54, 1.807) is 6.07 Å². The Kier molecular flexibility index (Phi) is 2.95. The lowest BCUT2D eigenvalue weighted by Gasteiger charge is -2.54. The summed E-state index contributed by atoms with van der Waals surface area (Å²) < 4.78 is 13.5. The highest BCUT2D eigenvalue weighted by Crippen LogP contribution is 2.54. The van der Waals surface area contributed by atoms with E-state index in [0.717, 1.165) is 17.5 Å². The molecule has 0 spiro atoms. The Balaban J connectivity index is 1.56. The van der Waals surface area contributed by atoms with Gasteiger partial charge in [-0.15, -0.1) is 0 Å². The lowest BCUT2D eigenvalue weighted by molar-refractivity contribution is 0.00754. The molecule has 5 rings (SSSR count). The quantitative estimate of drug-likeness (QED) is 0.890. The van der Waals surface area contributed by atoms with Crippen molar-refractivity contribution < 1.29 is 14.3 Å². The lowest BCUT2D eigenvalue weighted by Crippen LogP contribution is -2.51. The van der Waals surface area contributed by atoms with Gasteiger partial charge in [0.1, 0.15) is 5.82 Å². The molecule has 4 aliphatic rings. The van der Waals surface area contributed by atoms with E-state index in [-0.39, 0.29) is 5.56 Å². The van der Waals surface area contributed by atoms with E-state index in [1.807, 2.05) is 0 Å². The fraction of sp³-hybridized carbons (Fsp3) is 0.588. The van der Waals surface area contributed by atoms with Crippen LogP contribution < -0.4 is 5.32 Å². The predicted molar refractivity (Wildman–Crippen MR) is 77.8 cm³/mol. The van der Waals surface area contributed by atoms with Crippen LogP contribution in [-0.4, -0.2) is 17.1 Å². The molecule has 0 aliphatic heterocycles. The van der Waals surface area contributed by atoms with E-state index in [1.165, 1.54) is 44.2 Å². The summed E-state index contributed by atoms with van der Waals surface area (Å²) in [7, 11) is 0. The van der Waals surface area contributed by atoms with Gasteiger partial charge in [0.2, 0.25) is 0 Å². The van der Waals surface area contributed by atoms with Crippen molar-refractivity contribution >= 4 is 11.7 Å². The van der Waals surface area contributed by atoms with Gasteiger partial charge in [-0.25, -0.2) is 9.18 Å². The molecule has 4 fully saturated rings. The van der Waals surface area contributed by atoms with Gasteiger partial charge in [0.05, 0.1) is 5.56 Å². The van der Waals surface area contributed by atoms with Gasteiger partial charge >= 0.3 is 5.97 Å². The maximum Gasteiger partial charge on any atom is 0.338 e. The van der Waals surface area contributed by atoms with Crippen molar-refractivity contribution in [3.8, 4) is 0 Å². The van der Waals surface area contributed by atoms with Crippen LogP contribution in [0.3, 0.4) is 0 Å². The fourth-order valence-corrected chi connectivity index (χ4v) is 5.13. The van der Waals surface area contributed by atoms with Crippen molar-refractivity contribution in [3.63, 3.8) is 0 Å². The lowest BCUT2D eigenvalue weighted by atomic mass is 9.54. The first-order valence-corrected chi connectivity index (χ1v) is 7.89. The molecular formula is C17H20FNO2. The van der Waals surface area contributed by atoms with Crippen LogP contribution in [0.2, 0.25) is 0 Å². The molecule has 4 heteroatoms. The van der Waals surface area contributed by atoms with Crippen LogP contribution in [0.5, 0.6) is 0 Å². The molecule has 112 valence electrons. The number of hydrogen-bond donors (Lipinski definition) is 2. The third-order valence-electron chi connectivity index (χ3n) is 5.76. The van der Waals surface area contributed by atoms with Crippen LogP contribution in [0.1, 0.15) is 42.5 Å². The van der Waals surface area contributed by atoms with Gasteiger partial charge < -0.3 is 10.4 Å². The number of carboxylic acids is 1. The minimum atomic E-state index is -1.21. The molecule has 0 atom stereocenters. The summed E-state index contributed by atoms with van der Waals surface area (Å²) in [6, 6.07) is 4.78. The highest BCUT2D eigenvalue weighted by atomic mass is 19.1. The average Bonchev–Trinajstić information content (AvgIpc) is 2.43. The van der Waals surface area contributed by atoms with Crippen LogP contribution in [0, 0.1) is 29.5 Å². The SMILES string of the molecule is O=C(O)c1cc(NC2C3CC4CC(C3)CC2C4)ccc1F. The molecule has 0 radical (unpaired) electrons. The Morgan fingerprint density at radius 2 is 1.71 bits per heavy atom. The standard InChI is InChI=1S/C17H20FNO2/c18-15-2-1-13(8-14(15)17(20)21)19-16-11-4-9-3-10(6-11)7-12(16)5-9/h1-2,8-12,16,19H,3-7H2,(H,20,21). The Bertz CT molecular complexity index is 558. The summed E-state index contributed by atoms with van der Waals surface area (Å²) in [6.07, 6.45) is 6.63.